The van der Waals surface area contributed by atoms with Gasteiger partial charge in [-0.25, -0.2) is 4.39 Å². The molecule has 0 amide bonds. The molecule has 0 saturated heterocycles. The topological polar surface area (TPSA) is 17.1 Å². The van der Waals surface area contributed by atoms with Gasteiger partial charge in [0, 0.05) is 6.42 Å². The number of carbonyl (C=O) groups excluding carboxylic acids is 1. The first-order valence-corrected chi connectivity index (χ1v) is 6.05. The normalized spacial score (nSPS) is 10.4. The van der Waals surface area contributed by atoms with E-state index in [1.807, 2.05) is 0 Å². The first-order valence-electron chi connectivity index (χ1n) is 5.29. The van der Waals surface area contributed by atoms with Gasteiger partial charge in [0.15, 0.2) is 5.78 Å². The van der Waals surface area contributed by atoms with Crippen LogP contribution in [0.3, 0.4) is 0 Å². The number of benzene rings is 2. The Morgan fingerprint density at radius 1 is 1.00 bits per heavy atom. The smallest absolute Gasteiger partial charge is 0.170 e. The van der Waals surface area contributed by atoms with Gasteiger partial charge in [-0.15, -0.1) is 0 Å². The summed E-state index contributed by atoms with van der Waals surface area (Å²) in [7, 11) is 0. The molecule has 0 heterocycles. The average Bonchev–Trinajstić information content (AvgIpc) is 2.32. The van der Waals surface area contributed by atoms with Gasteiger partial charge in [-0.3, -0.25) is 4.79 Å². The molecule has 0 bridgehead atoms. The molecule has 92 valence electrons. The minimum atomic E-state index is -0.332. The summed E-state index contributed by atoms with van der Waals surface area (Å²) in [5.41, 5.74) is 1.03. The van der Waals surface area contributed by atoms with Crippen molar-refractivity contribution in [2.45, 2.75) is 6.42 Å². The Hall–Kier alpha value is -1.38. The molecular formula is C14H9Cl2FO. The lowest BCUT2D eigenvalue weighted by molar-refractivity contribution is 0.0993. The van der Waals surface area contributed by atoms with Crippen LogP contribution in [0.4, 0.5) is 4.39 Å². The summed E-state index contributed by atoms with van der Waals surface area (Å²) in [6.07, 6.45) is 0.143. The van der Waals surface area contributed by atoms with E-state index in [0.717, 1.165) is 5.56 Å². The zero-order valence-corrected chi connectivity index (χ0v) is 10.8. The van der Waals surface area contributed by atoms with Crippen LogP contribution in [0.25, 0.3) is 0 Å². The first kappa shape index (κ1) is 13.1. The maximum absolute atomic E-state index is 12.7. The van der Waals surface area contributed by atoms with Crippen molar-refractivity contribution >= 4 is 29.0 Å². The molecule has 0 aliphatic heterocycles. The van der Waals surface area contributed by atoms with Gasteiger partial charge in [0.25, 0.3) is 0 Å². The summed E-state index contributed by atoms with van der Waals surface area (Å²) < 4.78 is 12.7. The summed E-state index contributed by atoms with van der Waals surface area (Å²) in [5.74, 6) is -0.515. The fraction of sp³-hybridized carbons (Fsp3) is 0.0714. The second-order valence-electron chi connectivity index (χ2n) is 3.82. The molecule has 0 N–H and O–H groups in total. The maximum Gasteiger partial charge on any atom is 0.170 e. The van der Waals surface area contributed by atoms with Crippen LogP contribution in [0.2, 0.25) is 10.0 Å². The van der Waals surface area contributed by atoms with Gasteiger partial charge in [-0.05, 0) is 29.8 Å². The monoisotopic (exact) mass is 282 g/mol. The summed E-state index contributed by atoms with van der Waals surface area (Å²) in [6, 6.07) is 10.7. The standard InChI is InChI=1S/C14H9Cl2FO/c15-11-2-1-3-12(16)14(11)13(18)8-9-4-6-10(17)7-5-9/h1-7H,8H2. The number of Topliss-reactive ketones (excluding diaryl/α,β-unsaturated/α-hetero) is 1. The third-order valence-corrected chi connectivity index (χ3v) is 3.15. The molecule has 0 spiro atoms. The summed E-state index contributed by atoms with van der Waals surface area (Å²) >= 11 is 11.9. The van der Waals surface area contributed by atoms with Crippen LogP contribution < -0.4 is 0 Å². The van der Waals surface area contributed by atoms with Crippen molar-refractivity contribution in [3.8, 4) is 0 Å². The molecule has 2 aromatic carbocycles. The van der Waals surface area contributed by atoms with Gasteiger partial charge in [0.1, 0.15) is 5.82 Å². The summed E-state index contributed by atoms with van der Waals surface area (Å²) in [4.78, 5) is 12.1. The van der Waals surface area contributed by atoms with Crippen LogP contribution in [0.15, 0.2) is 42.5 Å². The Kier molecular flexibility index (Phi) is 4.00. The highest BCUT2D eigenvalue weighted by Crippen LogP contribution is 2.25. The van der Waals surface area contributed by atoms with Gasteiger partial charge in [-0.1, -0.05) is 41.4 Å². The summed E-state index contributed by atoms with van der Waals surface area (Å²) in [6.45, 7) is 0. The Morgan fingerprint density at radius 3 is 2.11 bits per heavy atom. The largest absolute Gasteiger partial charge is 0.294 e. The number of rotatable bonds is 3. The third kappa shape index (κ3) is 2.89. The second kappa shape index (κ2) is 5.51. The Labute approximate surface area is 114 Å². The van der Waals surface area contributed by atoms with Crippen molar-refractivity contribution in [3.05, 3.63) is 69.5 Å². The van der Waals surface area contributed by atoms with Crippen LogP contribution >= 0.6 is 23.2 Å². The van der Waals surface area contributed by atoms with Gasteiger partial charge in [0.05, 0.1) is 15.6 Å². The highest BCUT2D eigenvalue weighted by atomic mass is 35.5. The average molecular weight is 283 g/mol. The third-order valence-electron chi connectivity index (χ3n) is 2.52. The van der Waals surface area contributed by atoms with Crippen molar-refractivity contribution in [2.75, 3.05) is 0 Å². The molecule has 0 saturated carbocycles. The van der Waals surface area contributed by atoms with E-state index in [1.165, 1.54) is 12.1 Å². The Bertz CT molecular complexity index is 559. The van der Waals surface area contributed by atoms with E-state index in [9.17, 15) is 9.18 Å². The maximum atomic E-state index is 12.7. The lowest BCUT2D eigenvalue weighted by atomic mass is 10.0. The molecule has 1 nitrogen and oxygen atoms in total. The van der Waals surface area contributed by atoms with E-state index in [1.54, 1.807) is 30.3 Å². The number of carbonyl (C=O) groups is 1. The van der Waals surface area contributed by atoms with Gasteiger partial charge in [-0.2, -0.15) is 0 Å². The van der Waals surface area contributed by atoms with E-state index in [0.29, 0.717) is 15.6 Å². The predicted octanol–water partition coefficient (Wildman–Crippen LogP) is 4.56. The molecule has 0 aliphatic rings. The van der Waals surface area contributed by atoms with Crippen molar-refractivity contribution in [1.29, 1.82) is 0 Å². The van der Waals surface area contributed by atoms with E-state index in [-0.39, 0.29) is 18.0 Å². The predicted molar refractivity (Wildman–Crippen MR) is 70.9 cm³/mol. The van der Waals surface area contributed by atoms with Gasteiger partial charge in [0.2, 0.25) is 0 Å². The number of halogens is 3. The molecule has 2 rings (SSSR count). The van der Waals surface area contributed by atoms with Crippen molar-refractivity contribution in [3.63, 3.8) is 0 Å². The number of hydrogen-bond donors (Lipinski definition) is 0. The Morgan fingerprint density at radius 2 is 1.56 bits per heavy atom. The number of ketones is 1. The minimum absolute atomic E-state index is 0.143. The molecule has 0 unspecified atom stereocenters. The molecule has 2 aromatic rings. The van der Waals surface area contributed by atoms with Gasteiger partial charge < -0.3 is 0 Å². The van der Waals surface area contributed by atoms with E-state index >= 15 is 0 Å². The quantitative estimate of drug-likeness (QED) is 0.755. The zero-order chi connectivity index (χ0) is 13.1. The molecular weight excluding hydrogens is 274 g/mol. The lowest BCUT2D eigenvalue weighted by Crippen LogP contribution is -2.05. The van der Waals surface area contributed by atoms with Gasteiger partial charge >= 0.3 is 0 Å². The summed E-state index contributed by atoms with van der Waals surface area (Å²) in [5, 5.41) is 0.657. The van der Waals surface area contributed by atoms with Crippen LogP contribution in [0.5, 0.6) is 0 Å². The van der Waals surface area contributed by atoms with E-state index in [4.69, 9.17) is 23.2 Å². The molecule has 0 aliphatic carbocycles. The van der Waals surface area contributed by atoms with E-state index in [2.05, 4.69) is 0 Å². The van der Waals surface area contributed by atoms with Crippen LogP contribution in [-0.4, -0.2) is 5.78 Å². The molecule has 0 aromatic heterocycles. The fourth-order valence-electron chi connectivity index (χ4n) is 1.64. The second-order valence-corrected chi connectivity index (χ2v) is 4.64. The van der Waals surface area contributed by atoms with Crippen molar-refractivity contribution in [1.82, 2.24) is 0 Å². The fourth-order valence-corrected chi connectivity index (χ4v) is 2.25. The minimum Gasteiger partial charge on any atom is -0.294 e. The molecule has 0 radical (unpaired) electrons. The molecule has 0 fully saturated rings. The van der Waals surface area contributed by atoms with Crippen LogP contribution in [-0.2, 0) is 6.42 Å². The van der Waals surface area contributed by atoms with Crippen LogP contribution in [0.1, 0.15) is 15.9 Å². The molecule has 18 heavy (non-hydrogen) atoms. The Balaban J connectivity index is 2.25. The molecule has 0 atom stereocenters. The first-order chi connectivity index (χ1) is 8.58. The zero-order valence-electron chi connectivity index (χ0n) is 9.29. The highest BCUT2D eigenvalue weighted by molar-refractivity contribution is 6.39. The van der Waals surface area contributed by atoms with Crippen molar-refractivity contribution < 1.29 is 9.18 Å². The molecule has 4 heteroatoms. The van der Waals surface area contributed by atoms with Crippen LogP contribution in [0, 0.1) is 5.82 Å². The lowest BCUT2D eigenvalue weighted by Gasteiger charge is -2.06. The van der Waals surface area contributed by atoms with E-state index < -0.39 is 0 Å². The highest BCUT2D eigenvalue weighted by Gasteiger charge is 2.14. The number of hydrogen-bond acceptors (Lipinski definition) is 1. The SMILES string of the molecule is O=C(Cc1ccc(F)cc1)c1c(Cl)cccc1Cl. The van der Waals surface area contributed by atoms with Crippen molar-refractivity contribution in [2.24, 2.45) is 0 Å².